The maximum Gasteiger partial charge on any atom is 0.326 e. The number of thioether (sulfide) groups is 1. The van der Waals surface area contributed by atoms with Crippen LogP contribution in [0.25, 0.3) is 12.2 Å². The predicted molar refractivity (Wildman–Crippen MR) is 153 cm³/mol. The van der Waals surface area contributed by atoms with Gasteiger partial charge < -0.3 is 10.0 Å². The fourth-order valence-electron chi connectivity index (χ4n) is 3.76. The van der Waals surface area contributed by atoms with Crippen molar-refractivity contribution < 1.29 is 14.7 Å². The number of carboxylic acid groups (broad SMARTS) is 1. The molecule has 36 heavy (non-hydrogen) atoms. The van der Waals surface area contributed by atoms with Gasteiger partial charge in [0.05, 0.1) is 11.6 Å². The average Bonchev–Trinajstić information content (AvgIpc) is 3.21. The highest BCUT2D eigenvalue weighted by Crippen LogP contribution is 2.33. The first-order valence-corrected chi connectivity index (χ1v) is 13.0. The maximum absolute atomic E-state index is 12.4. The van der Waals surface area contributed by atoms with E-state index in [1.807, 2.05) is 60.7 Å². The van der Waals surface area contributed by atoms with Crippen molar-refractivity contribution in [3.63, 3.8) is 0 Å². The number of aliphatic carboxylic acids is 1. The van der Waals surface area contributed by atoms with Crippen LogP contribution in [0.5, 0.6) is 0 Å². The third-order valence-corrected chi connectivity index (χ3v) is 7.55. The van der Waals surface area contributed by atoms with Gasteiger partial charge in [0.1, 0.15) is 10.4 Å². The number of allylic oxidation sites excluding steroid dienone is 1. The molecule has 1 saturated heterocycles. The Kier molecular flexibility index (Phi) is 8.64. The summed E-state index contributed by atoms with van der Waals surface area (Å²) < 4.78 is 0.559. The Labute approximate surface area is 229 Å². The van der Waals surface area contributed by atoms with Crippen LogP contribution in [-0.4, -0.2) is 38.7 Å². The zero-order chi connectivity index (χ0) is 25.7. The van der Waals surface area contributed by atoms with Gasteiger partial charge in [-0.05, 0) is 47.0 Å². The molecule has 4 rings (SSSR count). The number of carbonyl (C=O) groups is 2. The van der Waals surface area contributed by atoms with Crippen molar-refractivity contribution in [2.24, 2.45) is 0 Å². The lowest BCUT2D eigenvalue weighted by molar-refractivity contribution is -0.141. The Bertz CT molecular complexity index is 1350. The van der Waals surface area contributed by atoms with E-state index in [-0.39, 0.29) is 5.78 Å². The van der Waals surface area contributed by atoms with Crippen LogP contribution in [0.15, 0.2) is 83.8 Å². The van der Waals surface area contributed by atoms with E-state index in [1.165, 1.54) is 17.8 Å². The van der Waals surface area contributed by atoms with Crippen molar-refractivity contribution in [2.75, 3.05) is 6.54 Å². The van der Waals surface area contributed by atoms with Crippen molar-refractivity contribution in [1.82, 2.24) is 4.90 Å². The lowest BCUT2D eigenvalue weighted by atomic mass is 10.0. The zero-order valence-electron chi connectivity index (χ0n) is 18.9. The summed E-state index contributed by atoms with van der Waals surface area (Å²) in [5.74, 6) is -1.10. The molecule has 1 N–H and O–H groups in total. The van der Waals surface area contributed by atoms with E-state index < -0.39 is 12.0 Å². The molecule has 182 valence electrons. The number of carbonyl (C=O) groups excluding carboxylic acids is 1. The highest BCUT2D eigenvalue weighted by Gasteiger charge is 2.33. The number of halogens is 2. The van der Waals surface area contributed by atoms with Gasteiger partial charge in [-0.15, -0.1) is 0 Å². The Balaban J connectivity index is 1.42. The second kappa shape index (κ2) is 11.9. The Morgan fingerprint density at radius 2 is 1.72 bits per heavy atom. The van der Waals surface area contributed by atoms with E-state index in [4.69, 9.17) is 35.4 Å². The first-order chi connectivity index (χ1) is 17.3. The second-order valence-corrected chi connectivity index (χ2v) is 10.7. The summed E-state index contributed by atoms with van der Waals surface area (Å²) >= 11 is 18.9. The fourth-order valence-corrected chi connectivity index (χ4v) is 5.70. The Hall–Kier alpha value is -2.90. The molecule has 8 heteroatoms. The molecule has 0 bridgehead atoms. The molecule has 1 atom stereocenters. The summed E-state index contributed by atoms with van der Waals surface area (Å²) in [5.41, 5.74) is 3.17. The van der Waals surface area contributed by atoms with E-state index in [0.29, 0.717) is 32.9 Å². The van der Waals surface area contributed by atoms with Crippen molar-refractivity contribution in [3.8, 4) is 0 Å². The molecule has 0 aliphatic carbocycles. The monoisotopic (exact) mass is 553 g/mol. The molecule has 1 fully saturated rings. The van der Waals surface area contributed by atoms with Crippen molar-refractivity contribution >= 4 is 75.4 Å². The van der Waals surface area contributed by atoms with Crippen LogP contribution in [0.2, 0.25) is 10.0 Å². The van der Waals surface area contributed by atoms with Crippen molar-refractivity contribution in [2.45, 2.75) is 12.5 Å². The number of nitrogens with zero attached hydrogens (tertiary/aromatic N) is 1. The molecule has 0 unspecified atom stereocenters. The second-order valence-electron chi connectivity index (χ2n) is 8.14. The summed E-state index contributed by atoms with van der Waals surface area (Å²) in [7, 11) is 0. The van der Waals surface area contributed by atoms with E-state index >= 15 is 0 Å². The zero-order valence-corrected chi connectivity index (χ0v) is 22.1. The molecule has 1 aliphatic heterocycles. The van der Waals surface area contributed by atoms with Crippen LogP contribution in [0.1, 0.15) is 27.0 Å². The number of carboxylic acids is 1. The highest BCUT2D eigenvalue weighted by atomic mass is 35.5. The van der Waals surface area contributed by atoms with Crippen LogP contribution >= 0.6 is 47.2 Å². The summed E-state index contributed by atoms with van der Waals surface area (Å²) in [4.78, 5) is 27.2. The molecule has 1 aliphatic rings. The predicted octanol–water partition coefficient (Wildman–Crippen LogP) is 7.26. The molecule has 0 spiro atoms. The van der Waals surface area contributed by atoms with Crippen LogP contribution in [0, 0.1) is 0 Å². The van der Waals surface area contributed by atoms with Gasteiger partial charge in [0.2, 0.25) is 0 Å². The van der Waals surface area contributed by atoms with Crippen LogP contribution in [-0.2, 0) is 11.2 Å². The lowest BCUT2D eigenvalue weighted by Crippen LogP contribution is -2.42. The summed E-state index contributed by atoms with van der Waals surface area (Å²) in [5, 5.41) is 10.6. The van der Waals surface area contributed by atoms with Gasteiger partial charge in [-0.25, -0.2) is 4.79 Å². The van der Waals surface area contributed by atoms with Crippen LogP contribution in [0.3, 0.4) is 0 Å². The van der Waals surface area contributed by atoms with Crippen molar-refractivity contribution in [3.05, 3.63) is 116 Å². The molecule has 1 heterocycles. The normalized spacial score (nSPS) is 15.6. The molecule has 3 aromatic carbocycles. The third-order valence-electron chi connectivity index (χ3n) is 5.60. The van der Waals surface area contributed by atoms with E-state index in [9.17, 15) is 14.7 Å². The molecule has 0 saturated carbocycles. The smallest absolute Gasteiger partial charge is 0.326 e. The van der Waals surface area contributed by atoms with Gasteiger partial charge in [0.25, 0.3) is 0 Å². The molecule has 4 nitrogen and oxygen atoms in total. The number of hydrogen-bond acceptors (Lipinski definition) is 4. The van der Waals surface area contributed by atoms with Gasteiger partial charge >= 0.3 is 5.97 Å². The Morgan fingerprint density at radius 3 is 2.39 bits per heavy atom. The standard InChI is InChI=1S/C28H21Cl2NO3S2/c29-21-11-12-23(24(30)16-21)26(32)13-10-18-6-8-20(9-7-18)14-22-17-31(28(35)36-22)25(27(33)34)15-19-4-2-1-3-5-19/h1-14,16,25H,15,17H2,(H,33,34)/b13-10+,22-14-/t25-/m0/s1. The molecule has 3 aromatic rings. The quantitative estimate of drug-likeness (QED) is 0.180. The van der Waals surface area contributed by atoms with Gasteiger partial charge in [-0.2, -0.15) is 0 Å². The van der Waals surface area contributed by atoms with Gasteiger partial charge in [0, 0.05) is 21.9 Å². The first-order valence-electron chi connectivity index (χ1n) is 11.0. The van der Waals surface area contributed by atoms with Gasteiger partial charge in [-0.3, -0.25) is 4.79 Å². The SMILES string of the molecule is O=C(/C=C/c1ccc(/C=C2/CN([C@@H](Cc3ccccc3)C(=O)O)C(=S)S2)cc1)c1ccc(Cl)cc1Cl. The highest BCUT2D eigenvalue weighted by molar-refractivity contribution is 8.25. The minimum absolute atomic E-state index is 0.206. The Morgan fingerprint density at radius 1 is 1.03 bits per heavy atom. The van der Waals surface area contributed by atoms with E-state index in [1.54, 1.807) is 29.2 Å². The lowest BCUT2D eigenvalue weighted by Gasteiger charge is -2.25. The van der Waals surface area contributed by atoms with Gasteiger partial charge in [-0.1, -0.05) is 108 Å². The van der Waals surface area contributed by atoms with E-state index in [2.05, 4.69) is 0 Å². The number of thiocarbonyl (C=S) groups is 1. The molecule has 0 aromatic heterocycles. The van der Waals surface area contributed by atoms with Crippen molar-refractivity contribution in [1.29, 1.82) is 0 Å². The maximum atomic E-state index is 12.4. The number of hydrogen-bond donors (Lipinski definition) is 1. The summed E-state index contributed by atoms with van der Waals surface area (Å²) in [6, 6.07) is 21.3. The fraction of sp³-hybridized carbons (Fsp3) is 0.107. The first kappa shape index (κ1) is 26.2. The topological polar surface area (TPSA) is 57.6 Å². The third kappa shape index (κ3) is 6.65. The van der Waals surface area contributed by atoms with Gasteiger partial charge in [0.15, 0.2) is 5.78 Å². The van der Waals surface area contributed by atoms with E-state index in [0.717, 1.165) is 21.6 Å². The molecular weight excluding hydrogens is 533 g/mol. The van der Waals surface area contributed by atoms with Crippen LogP contribution < -0.4 is 0 Å². The minimum Gasteiger partial charge on any atom is -0.480 e. The number of benzene rings is 3. The number of ketones is 1. The molecule has 0 amide bonds. The summed E-state index contributed by atoms with van der Waals surface area (Å²) in [6.07, 6.45) is 5.59. The largest absolute Gasteiger partial charge is 0.480 e. The minimum atomic E-state index is -0.895. The molecular formula is C28H21Cl2NO3S2. The molecule has 0 radical (unpaired) electrons. The average molecular weight is 555 g/mol. The number of rotatable bonds is 8. The summed E-state index contributed by atoms with van der Waals surface area (Å²) in [6.45, 7) is 0.450. The van der Waals surface area contributed by atoms with Crippen LogP contribution in [0.4, 0.5) is 0 Å².